The van der Waals surface area contributed by atoms with Gasteiger partial charge in [-0.1, -0.05) is 18.2 Å². The lowest BCUT2D eigenvalue weighted by Gasteiger charge is -2.17. The molecule has 7 nitrogen and oxygen atoms in total. The molecule has 1 saturated heterocycles. The number of likely N-dealkylation sites (tertiary alicyclic amines) is 1. The van der Waals surface area contributed by atoms with E-state index in [1.807, 2.05) is 38.1 Å². The standard InChI is InChI=1S/C24H26FN3O4/c1-15(2)31-14-20-19-5-3-4-6-21(19)32-22(20)23(29)28-12-11-18(13-28)27-24(30)26-17-9-7-16(25)8-10-17/h3-10,15,18H,11-14H2,1-2H3,(H2,26,27,30). The molecule has 4 rings (SSSR count). The van der Waals surface area contributed by atoms with Gasteiger partial charge in [-0.05, 0) is 50.6 Å². The van der Waals surface area contributed by atoms with Gasteiger partial charge in [0, 0.05) is 35.8 Å². The lowest BCUT2D eigenvalue weighted by atomic mass is 10.1. The molecule has 0 spiro atoms. The number of benzene rings is 2. The molecule has 32 heavy (non-hydrogen) atoms. The molecule has 0 radical (unpaired) electrons. The molecular formula is C24H26FN3O4. The summed E-state index contributed by atoms with van der Waals surface area (Å²) in [4.78, 5) is 27.2. The van der Waals surface area contributed by atoms with Gasteiger partial charge < -0.3 is 24.7 Å². The monoisotopic (exact) mass is 439 g/mol. The van der Waals surface area contributed by atoms with Crippen LogP contribution in [0.3, 0.4) is 0 Å². The molecule has 3 aromatic rings. The maximum Gasteiger partial charge on any atom is 0.319 e. The number of anilines is 1. The van der Waals surface area contributed by atoms with Crippen molar-refractivity contribution in [3.05, 3.63) is 65.7 Å². The zero-order valence-electron chi connectivity index (χ0n) is 18.1. The minimum absolute atomic E-state index is 0.0200. The summed E-state index contributed by atoms with van der Waals surface area (Å²) in [6.45, 7) is 5.04. The summed E-state index contributed by atoms with van der Waals surface area (Å²) in [6, 6.07) is 12.5. The molecule has 1 fully saturated rings. The molecule has 1 unspecified atom stereocenters. The summed E-state index contributed by atoms with van der Waals surface area (Å²) < 4.78 is 24.7. The van der Waals surface area contributed by atoms with E-state index < -0.39 is 6.03 Å². The van der Waals surface area contributed by atoms with Crippen LogP contribution in [0.1, 0.15) is 36.4 Å². The van der Waals surface area contributed by atoms with Crippen LogP contribution >= 0.6 is 0 Å². The molecule has 1 aliphatic rings. The van der Waals surface area contributed by atoms with Gasteiger partial charge in [-0.2, -0.15) is 0 Å². The Morgan fingerprint density at radius 2 is 1.94 bits per heavy atom. The Bertz CT molecular complexity index is 1110. The Hall–Kier alpha value is -3.39. The number of nitrogens with zero attached hydrogens (tertiary/aromatic N) is 1. The van der Waals surface area contributed by atoms with Crippen LogP contribution in [-0.4, -0.2) is 42.1 Å². The number of rotatable bonds is 6. The van der Waals surface area contributed by atoms with Crippen LogP contribution in [0.25, 0.3) is 11.0 Å². The first-order valence-corrected chi connectivity index (χ1v) is 10.6. The van der Waals surface area contributed by atoms with Gasteiger partial charge in [0.05, 0.1) is 12.7 Å². The van der Waals surface area contributed by atoms with Crippen LogP contribution in [0.2, 0.25) is 0 Å². The summed E-state index contributed by atoms with van der Waals surface area (Å²) in [5.74, 6) is -0.306. The number of nitrogens with one attached hydrogen (secondary N) is 2. The van der Waals surface area contributed by atoms with Crippen molar-refractivity contribution in [1.29, 1.82) is 0 Å². The second-order valence-corrected chi connectivity index (χ2v) is 8.11. The number of halogens is 1. The zero-order chi connectivity index (χ0) is 22.7. The van der Waals surface area contributed by atoms with E-state index in [2.05, 4.69) is 10.6 Å². The predicted octanol–water partition coefficient (Wildman–Crippen LogP) is 4.53. The van der Waals surface area contributed by atoms with E-state index in [4.69, 9.17) is 9.15 Å². The SMILES string of the molecule is CC(C)OCc1c(C(=O)N2CCC(NC(=O)Nc3ccc(F)cc3)C2)oc2ccccc12. The van der Waals surface area contributed by atoms with Crippen molar-refractivity contribution < 1.29 is 23.1 Å². The van der Waals surface area contributed by atoms with E-state index >= 15 is 0 Å². The van der Waals surface area contributed by atoms with Crippen molar-refractivity contribution in [2.45, 2.75) is 39.0 Å². The van der Waals surface area contributed by atoms with Crippen molar-refractivity contribution in [3.63, 3.8) is 0 Å². The number of hydrogen-bond acceptors (Lipinski definition) is 4. The molecule has 0 bridgehead atoms. The zero-order valence-corrected chi connectivity index (χ0v) is 18.1. The Balaban J connectivity index is 1.42. The lowest BCUT2D eigenvalue weighted by molar-refractivity contribution is 0.0621. The van der Waals surface area contributed by atoms with Crippen LogP contribution in [0, 0.1) is 5.82 Å². The molecule has 1 aromatic heterocycles. The van der Waals surface area contributed by atoms with Gasteiger partial charge in [0.1, 0.15) is 11.4 Å². The first-order valence-electron chi connectivity index (χ1n) is 10.6. The number of para-hydroxylation sites is 1. The first-order chi connectivity index (χ1) is 15.4. The summed E-state index contributed by atoms with van der Waals surface area (Å²) >= 11 is 0. The van der Waals surface area contributed by atoms with Crippen LogP contribution < -0.4 is 10.6 Å². The Labute approximate surface area is 185 Å². The van der Waals surface area contributed by atoms with Gasteiger partial charge in [0.25, 0.3) is 5.91 Å². The smallest absolute Gasteiger partial charge is 0.319 e. The van der Waals surface area contributed by atoms with E-state index in [-0.39, 0.29) is 36.2 Å². The fraction of sp³-hybridized carbons (Fsp3) is 0.333. The Kier molecular flexibility index (Phi) is 6.41. The van der Waals surface area contributed by atoms with E-state index in [1.165, 1.54) is 24.3 Å². The van der Waals surface area contributed by atoms with Gasteiger partial charge >= 0.3 is 6.03 Å². The van der Waals surface area contributed by atoms with Gasteiger partial charge in [-0.15, -0.1) is 0 Å². The quantitative estimate of drug-likeness (QED) is 0.591. The second-order valence-electron chi connectivity index (χ2n) is 8.11. The number of carbonyl (C=O) groups excluding carboxylic acids is 2. The number of fused-ring (bicyclic) bond motifs is 1. The number of urea groups is 1. The molecule has 2 aromatic carbocycles. The highest BCUT2D eigenvalue weighted by Crippen LogP contribution is 2.29. The second kappa shape index (κ2) is 9.40. The van der Waals surface area contributed by atoms with Crippen LogP contribution in [0.15, 0.2) is 52.9 Å². The molecule has 1 atom stereocenters. The summed E-state index contributed by atoms with van der Waals surface area (Å²) in [6.07, 6.45) is 0.646. The Morgan fingerprint density at radius 3 is 2.69 bits per heavy atom. The third-order valence-corrected chi connectivity index (χ3v) is 5.37. The highest BCUT2D eigenvalue weighted by Gasteiger charge is 2.32. The van der Waals surface area contributed by atoms with Gasteiger partial charge in [0.15, 0.2) is 5.76 Å². The molecule has 0 aliphatic carbocycles. The van der Waals surface area contributed by atoms with Crippen LogP contribution in [-0.2, 0) is 11.3 Å². The molecular weight excluding hydrogens is 413 g/mol. The summed E-state index contributed by atoms with van der Waals surface area (Å²) in [7, 11) is 0. The molecule has 2 N–H and O–H groups in total. The van der Waals surface area contributed by atoms with Crippen molar-refractivity contribution >= 4 is 28.6 Å². The van der Waals surface area contributed by atoms with E-state index in [0.29, 0.717) is 30.8 Å². The van der Waals surface area contributed by atoms with Gasteiger partial charge in [-0.3, -0.25) is 4.79 Å². The van der Waals surface area contributed by atoms with Crippen molar-refractivity contribution in [3.8, 4) is 0 Å². The van der Waals surface area contributed by atoms with E-state index in [9.17, 15) is 14.0 Å². The number of amides is 3. The predicted molar refractivity (Wildman–Crippen MR) is 119 cm³/mol. The molecule has 8 heteroatoms. The largest absolute Gasteiger partial charge is 0.451 e. The topological polar surface area (TPSA) is 83.8 Å². The molecule has 2 heterocycles. The third-order valence-electron chi connectivity index (χ3n) is 5.37. The fourth-order valence-electron chi connectivity index (χ4n) is 3.76. The van der Waals surface area contributed by atoms with Crippen molar-refractivity contribution in [2.75, 3.05) is 18.4 Å². The van der Waals surface area contributed by atoms with Gasteiger partial charge in [-0.25, -0.2) is 9.18 Å². The average molecular weight is 439 g/mol. The molecule has 3 amide bonds. The van der Waals surface area contributed by atoms with Gasteiger partial charge in [0.2, 0.25) is 0 Å². The minimum atomic E-state index is -0.398. The highest BCUT2D eigenvalue weighted by atomic mass is 19.1. The maximum absolute atomic E-state index is 13.2. The van der Waals surface area contributed by atoms with Crippen LogP contribution in [0.5, 0.6) is 0 Å². The highest BCUT2D eigenvalue weighted by molar-refractivity contribution is 5.99. The number of ether oxygens (including phenoxy) is 1. The first kappa shape index (κ1) is 21.8. The summed E-state index contributed by atoms with van der Waals surface area (Å²) in [5, 5.41) is 6.40. The maximum atomic E-state index is 13.2. The summed E-state index contributed by atoms with van der Waals surface area (Å²) in [5.41, 5.74) is 1.88. The number of furan rings is 1. The van der Waals surface area contributed by atoms with Crippen LogP contribution in [0.4, 0.5) is 14.9 Å². The molecule has 1 aliphatic heterocycles. The number of hydrogen-bond donors (Lipinski definition) is 2. The fourth-order valence-corrected chi connectivity index (χ4v) is 3.76. The Morgan fingerprint density at radius 1 is 1.19 bits per heavy atom. The minimum Gasteiger partial charge on any atom is -0.451 e. The molecule has 168 valence electrons. The average Bonchev–Trinajstić information content (AvgIpc) is 3.38. The third kappa shape index (κ3) is 4.91. The normalized spacial score (nSPS) is 16.0. The van der Waals surface area contributed by atoms with E-state index in [0.717, 1.165) is 10.9 Å². The number of carbonyl (C=O) groups is 2. The van der Waals surface area contributed by atoms with Crippen molar-refractivity contribution in [1.82, 2.24) is 10.2 Å². The lowest BCUT2D eigenvalue weighted by Crippen LogP contribution is -2.40. The molecule has 0 saturated carbocycles. The van der Waals surface area contributed by atoms with Crippen molar-refractivity contribution in [2.24, 2.45) is 0 Å². The van der Waals surface area contributed by atoms with E-state index in [1.54, 1.807) is 4.90 Å².